The molecule has 0 aliphatic rings. The molecule has 0 saturated carbocycles. The van der Waals surface area contributed by atoms with Gasteiger partial charge in [-0.2, -0.15) is 0 Å². The zero-order valence-corrected chi connectivity index (χ0v) is 13.5. The quantitative estimate of drug-likeness (QED) is 0.794. The van der Waals surface area contributed by atoms with Gasteiger partial charge in [-0.3, -0.25) is 4.90 Å². The van der Waals surface area contributed by atoms with Gasteiger partial charge in [-0.05, 0) is 40.2 Å². The van der Waals surface area contributed by atoms with Gasteiger partial charge in [-0.1, -0.05) is 29.8 Å². The Labute approximate surface area is 123 Å². The zero-order valence-electron chi connectivity index (χ0n) is 13.5. The Morgan fingerprint density at radius 2 is 1.90 bits per heavy atom. The molecule has 20 heavy (non-hydrogen) atoms. The van der Waals surface area contributed by atoms with Crippen molar-refractivity contribution in [2.45, 2.75) is 59.4 Å². The summed E-state index contributed by atoms with van der Waals surface area (Å²) in [6.45, 7) is 12.3. The number of rotatable bonds is 8. The summed E-state index contributed by atoms with van der Waals surface area (Å²) in [6.07, 6.45) is -0.279. The molecular weight excluding hydrogens is 250 g/mol. The predicted molar refractivity (Wildman–Crippen MR) is 83.8 cm³/mol. The van der Waals surface area contributed by atoms with Gasteiger partial charge in [-0.15, -0.1) is 0 Å². The van der Waals surface area contributed by atoms with Crippen LogP contribution in [0.25, 0.3) is 0 Å². The second-order valence-corrected chi connectivity index (χ2v) is 6.05. The molecule has 1 N–H and O–H groups in total. The SMILES string of the molecule is Cc1cccc(CN(CC(O)COC(C)C)C(C)C)c1. The number of hydrogen-bond acceptors (Lipinski definition) is 3. The fourth-order valence-corrected chi connectivity index (χ4v) is 2.13. The molecule has 0 aromatic heterocycles. The number of benzene rings is 1. The van der Waals surface area contributed by atoms with Crippen LogP contribution in [0, 0.1) is 6.92 Å². The normalized spacial score (nSPS) is 13.4. The molecule has 1 aromatic carbocycles. The third kappa shape index (κ3) is 6.51. The van der Waals surface area contributed by atoms with E-state index in [1.54, 1.807) is 0 Å². The lowest BCUT2D eigenvalue weighted by molar-refractivity contribution is -0.0136. The van der Waals surface area contributed by atoms with E-state index in [4.69, 9.17) is 4.74 Å². The number of aliphatic hydroxyl groups excluding tert-OH is 1. The fourth-order valence-electron chi connectivity index (χ4n) is 2.13. The predicted octanol–water partition coefficient (Wildman–Crippen LogP) is 2.99. The first kappa shape index (κ1) is 17.2. The van der Waals surface area contributed by atoms with Gasteiger partial charge in [0.15, 0.2) is 0 Å². The number of ether oxygens (including phenoxy) is 1. The molecule has 1 rings (SSSR count). The van der Waals surface area contributed by atoms with Crippen LogP contribution in [0.4, 0.5) is 0 Å². The summed E-state index contributed by atoms with van der Waals surface area (Å²) in [5, 5.41) is 10.1. The highest BCUT2D eigenvalue weighted by Gasteiger charge is 2.15. The van der Waals surface area contributed by atoms with Gasteiger partial charge in [-0.25, -0.2) is 0 Å². The van der Waals surface area contributed by atoms with Crippen LogP contribution in [-0.4, -0.2) is 41.4 Å². The van der Waals surface area contributed by atoms with E-state index in [9.17, 15) is 5.11 Å². The van der Waals surface area contributed by atoms with Crippen LogP contribution in [0.5, 0.6) is 0 Å². The average Bonchev–Trinajstić information content (AvgIpc) is 2.35. The molecular formula is C17H29NO2. The van der Waals surface area contributed by atoms with Crippen LogP contribution in [0.1, 0.15) is 38.8 Å². The van der Waals surface area contributed by atoms with Gasteiger partial charge in [0.2, 0.25) is 0 Å². The molecule has 0 aliphatic carbocycles. The van der Waals surface area contributed by atoms with Gasteiger partial charge in [0.25, 0.3) is 0 Å². The van der Waals surface area contributed by atoms with E-state index in [2.05, 4.69) is 49.9 Å². The van der Waals surface area contributed by atoms with Gasteiger partial charge in [0, 0.05) is 19.1 Å². The van der Waals surface area contributed by atoms with Gasteiger partial charge >= 0.3 is 0 Å². The molecule has 0 bridgehead atoms. The fraction of sp³-hybridized carbons (Fsp3) is 0.647. The van der Waals surface area contributed by atoms with E-state index in [0.717, 1.165) is 6.54 Å². The summed E-state index contributed by atoms with van der Waals surface area (Å²) in [5.74, 6) is 0. The maximum Gasteiger partial charge on any atom is 0.0900 e. The van der Waals surface area contributed by atoms with Crippen LogP contribution in [0.2, 0.25) is 0 Å². The zero-order chi connectivity index (χ0) is 15.1. The third-order valence-electron chi connectivity index (χ3n) is 3.27. The summed E-state index contributed by atoms with van der Waals surface area (Å²) >= 11 is 0. The standard InChI is InChI=1S/C17H29NO2/c1-13(2)18(11-17(19)12-20-14(3)4)10-16-8-6-7-15(5)9-16/h6-9,13-14,17,19H,10-12H2,1-5H3. The monoisotopic (exact) mass is 279 g/mol. The molecule has 114 valence electrons. The largest absolute Gasteiger partial charge is 0.389 e. The molecule has 1 unspecified atom stereocenters. The number of hydrogen-bond donors (Lipinski definition) is 1. The Kier molecular flexibility index (Phi) is 7.20. The summed E-state index contributed by atoms with van der Waals surface area (Å²) in [6, 6.07) is 8.92. The van der Waals surface area contributed by atoms with E-state index >= 15 is 0 Å². The molecule has 3 nitrogen and oxygen atoms in total. The maximum absolute atomic E-state index is 10.1. The number of aliphatic hydroxyl groups is 1. The Hall–Kier alpha value is -0.900. The molecule has 0 heterocycles. The molecule has 0 fully saturated rings. The minimum Gasteiger partial charge on any atom is -0.389 e. The first-order valence-corrected chi connectivity index (χ1v) is 7.47. The number of aryl methyl sites for hydroxylation is 1. The van der Waals surface area contributed by atoms with E-state index in [1.807, 2.05) is 13.8 Å². The van der Waals surface area contributed by atoms with Crippen molar-refractivity contribution < 1.29 is 9.84 Å². The van der Waals surface area contributed by atoms with Gasteiger partial charge < -0.3 is 9.84 Å². The minimum absolute atomic E-state index is 0.161. The summed E-state index contributed by atoms with van der Waals surface area (Å²) in [5.41, 5.74) is 2.56. The lowest BCUT2D eigenvalue weighted by Gasteiger charge is -2.29. The van der Waals surface area contributed by atoms with Gasteiger partial charge in [0.1, 0.15) is 0 Å². The summed E-state index contributed by atoms with van der Waals surface area (Å²) < 4.78 is 5.48. The van der Waals surface area contributed by atoms with Crippen LogP contribution in [0.15, 0.2) is 24.3 Å². The van der Waals surface area contributed by atoms with Crippen molar-refractivity contribution in [3.8, 4) is 0 Å². The minimum atomic E-state index is -0.440. The van der Waals surface area contributed by atoms with Crippen molar-refractivity contribution in [1.29, 1.82) is 0 Å². The first-order valence-electron chi connectivity index (χ1n) is 7.47. The lowest BCUT2D eigenvalue weighted by atomic mass is 10.1. The first-order chi connectivity index (χ1) is 9.38. The Morgan fingerprint density at radius 1 is 1.20 bits per heavy atom. The smallest absolute Gasteiger partial charge is 0.0900 e. The molecule has 3 heteroatoms. The van der Waals surface area contributed by atoms with Crippen molar-refractivity contribution in [2.75, 3.05) is 13.2 Å². The summed E-state index contributed by atoms with van der Waals surface area (Å²) in [7, 11) is 0. The highest BCUT2D eigenvalue weighted by Crippen LogP contribution is 2.11. The van der Waals surface area contributed by atoms with Crippen LogP contribution >= 0.6 is 0 Å². The molecule has 1 aromatic rings. The molecule has 1 atom stereocenters. The van der Waals surface area contributed by atoms with Gasteiger partial charge in [0.05, 0.1) is 18.8 Å². The van der Waals surface area contributed by atoms with Crippen molar-refractivity contribution in [1.82, 2.24) is 4.90 Å². The van der Waals surface area contributed by atoms with E-state index in [0.29, 0.717) is 19.2 Å². The Balaban J connectivity index is 2.56. The maximum atomic E-state index is 10.1. The number of nitrogens with zero attached hydrogens (tertiary/aromatic N) is 1. The van der Waals surface area contributed by atoms with Crippen molar-refractivity contribution in [3.63, 3.8) is 0 Å². The second kappa shape index (κ2) is 8.40. The highest BCUT2D eigenvalue weighted by atomic mass is 16.5. The van der Waals surface area contributed by atoms with Crippen molar-refractivity contribution >= 4 is 0 Å². The van der Waals surface area contributed by atoms with E-state index < -0.39 is 6.10 Å². The second-order valence-electron chi connectivity index (χ2n) is 6.05. The van der Waals surface area contributed by atoms with E-state index in [1.165, 1.54) is 11.1 Å². The topological polar surface area (TPSA) is 32.7 Å². The van der Waals surface area contributed by atoms with Crippen LogP contribution in [0.3, 0.4) is 0 Å². The third-order valence-corrected chi connectivity index (χ3v) is 3.27. The molecule has 0 spiro atoms. The van der Waals surface area contributed by atoms with Crippen LogP contribution in [-0.2, 0) is 11.3 Å². The average molecular weight is 279 g/mol. The Morgan fingerprint density at radius 3 is 2.45 bits per heavy atom. The highest BCUT2D eigenvalue weighted by molar-refractivity contribution is 5.22. The summed E-state index contributed by atoms with van der Waals surface area (Å²) in [4.78, 5) is 2.28. The molecule has 0 radical (unpaired) electrons. The van der Waals surface area contributed by atoms with Crippen LogP contribution < -0.4 is 0 Å². The molecule has 0 aliphatic heterocycles. The van der Waals surface area contributed by atoms with E-state index in [-0.39, 0.29) is 6.10 Å². The Bertz CT molecular complexity index is 390. The molecule has 0 saturated heterocycles. The van der Waals surface area contributed by atoms with Crippen molar-refractivity contribution in [3.05, 3.63) is 35.4 Å². The van der Waals surface area contributed by atoms with Crippen molar-refractivity contribution in [2.24, 2.45) is 0 Å². The molecule has 0 amide bonds. The lowest BCUT2D eigenvalue weighted by Crippen LogP contribution is -2.39.